The van der Waals surface area contributed by atoms with Crippen LogP contribution in [-0.4, -0.2) is 14.5 Å². The summed E-state index contributed by atoms with van der Waals surface area (Å²) in [5, 5.41) is 18.6. The van der Waals surface area contributed by atoms with Crippen LogP contribution in [0.5, 0.6) is 5.75 Å². The number of rotatable bonds is 3. The van der Waals surface area contributed by atoms with Crippen LogP contribution in [0.4, 0.5) is 11.5 Å². The number of imidazole rings is 1. The summed E-state index contributed by atoms with van der Waals surface area (Å²) in [6, 6.07) is 19.0. The van der Waals surface area contributed by atoms with Gasteiger partial charge in [-0.3, -0.25) is 4.40 Å². The number of aromatic nitrogens is 2. The smallest absolute Gasteiger partial charge is 0.187 e. The fourth-order valence-corrected chi connectivity index (χ4v) is 2.90. The molecule has 0 fully saturated rings. The molecular formula is C21H18N4O. The summed E-state index contributed by atoms with van der Waals surface area (Å²) >= 11 is 0. The molecule has 4 aromatic rings. The summed E-state index contributed by atoms with van der Waals surface area (Å²) in [5.41, 5.74) is 5.31. The van der Waals surface area contributed by atoms with E-state index in [-0.39, 0.29) is 5.75 Å². The number of phenolic OH excluding ortho intramolecular Hbond substituents is 1. The molecule has 128 valence electrons. The second-order valence-corrected chi connectivity index (χ2v) is 6.22. The molecule has 2 heterocycles. The van der Waals surface area contributed by atoms with E-state index in [1.165, 1.54) is 0 Å². The van der Waals surface area contributed by atoms with E-state index in [1.807, 2.05) is 34.9 Å². The molecule has 0 aliphatic carbocycles. The molecule has 0 bridgehead atoms. The molecule has 0 saturated heterocycles. The SMILES string of the molecule is Cc1ccc(C)c(-c2nc3ccccn3c2N=Nc2ccccc2O)c1. The standard InChI is InChI=1S/C21H18N4O/c1-14-10-11-15(2)16(13-14)20-21(25-12-6-5-9-19(25)22-20)24-23-17-7-3-4-8-18(17)26/h3-13,26H,1-2H3. The molecule has 26 heavy (non-hydrogen) atoms. The number of hydrogen-bond acceptors (Lipinski definition) is 4. The summed E-state index contributed by atoms with van der Waals surface area (Å²) in [4.78, 5) is 4.77. The van der Waals surface area contributed by atoms with Crippen molar-refractivity contribution in [3.63, 3.8) is 0 Å². The number of para-hydroxylation sites is 1. The maximum absolute atomic E-state index is 9.94. The Labute approximate surface area is 151 Å². The highest BCUT2D eigenvalue weighted by molar-refractivity contribution is 5.77. The summed E-state index contributed by atoms with van der Waals surface area (Å²) in [6.07, 6.45) is 1.91. The van der Waals surface area contributed by atoms with Gasteiger partial charge in [-0.25, -0.2) is 4.98 Å². The van der Waals surface area contributed by atoms with Gasteiger partial charge in [0.25, 0.3) is 0 Å². The average Bonchev–Trinajstić information content (AvgIpc) is 3.01. The number of nitrogens with zero attached hydrogens (tertiary/aromatic N) is 4. The Morgan fingerprint density at radius 2 is 1.73 bits per heavy atom. The number of aryl methyl sites for hydroxylation is 2. The lowest BCUT2D eigenvalue weighted by atomic mass is 10.0. The molecule has 0 aliphatic heterocycles. The fourth-order valence-electron chi connectivity index (χ4n) is 2.90. The van der Waals surface area contributed by atoms with Crippen LogP contribution < -0.4 is 0 Å². The van der Waals surface area contributed by atoms with E-state index in [2.05, 4.69) is 42.3 Å². The number of benzene rings is 2. The van der Waals surface area contributed by atoms with E-state index in [0.29, 0.717) is 11.5 Å². The monoisotopic (exact) mass is 342 g/mol. The summed E-state index contributed by atoms with van der Waals surface area (Å²) in [7, 11) is 0. The van der Waals surface area contributed by atoms with Crippen molar-refractivity contribution in [3.8, 4) is 17.0 Å². The van der Waals surface area contributed by atoms with Gasteiger partial charge >= 0.3 is 0 Å². The van der Waals surface area contributed by atoms with Gasteiger partial charge in [-0.2, -0.15) is 0 Å². The third-order valence-electron chi connectivity index (χ3n) is 4.29. The van der Waals surface area contributed by atoms with Crippen LogP contribution in [0, 0.1) is 13.8 Å². The third-order valence-corrected chi connectivity index (χ3v) is 4.29. The Kier molecular flexibility index (Phi) is 3.97. The quantitative estimate of drug-likeness (QED) is 0.483. The van der Waals surface area contributed by atoms with Crippen molar-refractivity contribution in [2.24, 2.45) is 10.2 Å². The zero-order valence-corrected chi connectivity index (χ0v) is 14.6. The Hall–Kier alpha value is -3.47. The molecule has 0 saturated carbocycles. The van der Waals surface area contributed by atoms with Crippen LogP contribution in [0.25, 0.3) is 16.9 Å². The minimum atomic E-state index is 0.0957. The number of fused-ring (bicyclic) bond motifs is 1. The van der Waals surface area contributed by atoms with Crippen LogP contribution in [0.15, 0.2) is 77.1 Å². The highest BCUT2D eigenvalue weighted by atomic mass is 16.3. The van der Waals surface area contributed by atoms with Gasteiger partial charge in [-0.15, -0.1) is 10.2 Å². The lowest BCUT2D eigenvalue weighted by molar-refractivity contribution is 0.476. The molecule has 0 atom stereocenters. The van der Waals surface area contributed by atoms with E-state index in [4.69, 9.17) is 4.98 Å². The fraction of sp³-hybridized carbons (Fsp3) is 0.0952. The molecule has 5 heteroatoms. The normalized spacial score (nSPS) is 11.5. The molecule has 0 spiro atoms. The first-order valence-corrected chi connectivity index (χ1v) is 8.38. The number of aromatic hydroxyl groups is 1. The molecule has 4 rings (SSSR count). The molecule has 2 aromatic heterocycles. The highest BCUT2D eigenvalue weighted by Crippen LogP contribution is 2.35. The van der Waals surface area contributed by atoms with E-state index in [1.54, 1.807) is 18.2 Å². The molecule has 0 aliphatic rings. The van der Waals surface area contributed by atoms with Crippen LogP contribution in [0.3, 0.4) is 0 Å². The minimum absolute atomic E-state index is 0.0957. The predicted molar refractivity (Wildman–Crippen MR) is 102 cm³/mol. The number of pyridine rings is 1. The second kappa shape index (κ2) is 6.44. The van der Waals surface area contributed by atoms with Gasteiger partial charge in [0.2, 0.25) is 0 Å². The van der Waals surface area contributed by atoms with Crippen molar-refractivity contribution >= 4 is 17.2 Å². The van der Waals surface area contributed by atoms with Crippen molar-refractivity contribution < 1.29 is 5.11 Å². The average molecular weight is 342 g/mol. The molecule has 1 N–H and O–H groups in total. The molecular weight excluding hydrogens is 324 g/mol. The molecule has 0 radical (unpaired) electrons. The molecule has 5 nitrogen and oxygen atoms in total. The molecule has 0 amide bonds. The summed E-state index contributed by atoms with van der Waals surface area (Å²) < 4.78 is 1.90. The van der Waals surface area contributed by atoms with Gasteiger partial charge in [-0.05, 0) is 49.7 Å². The van der Waals surface area contributed by atoms with Gasteiger partial charge in [-0.1, -0.05) is 35.9 Å². The van der Waals surface area contributed by atoms with Gasteiger partial charge in [0.05, 0.1) is 0 Å². The largest absolute Gasteiger partial charge is 0.506 e. The van der Waals surface area contributed by atoms with Crippen LogP contribution in [-0.2, 0) is 0 Å². The number of hydrogen-bond donors (Lipinski definition) is 1. The highest BCUT2D eigenvalue weighted by Gasteiger charge is 2.16. The first kappa shape index (κ1) is 16.0. The zero-order valence-electron chi connectivity index (χ0n) is 14.6. The Morgan fingerprint density at radius 3 is 2.58 bits per heavy atom. The van der Waals surface area contributed by atoms with Crippen LogP contribution in [0.2, 0.25) is 0 Å². The third kappa shape index (κ3) is 2.84. The van der Waals surface area contributed by atoms with E-state index in [0.717, 1.165) is 28.0 Å². The van der Waals surface area contributed by atoms with Crippen molar-refractivity contribution in [1.82, 2.24) is 9.38 Å². The van der Waals surface area contributed by atoms with Crippen molar-refractivity contribution in [1.29, 1.82) is 0 Å². The number of phenols is 1. The maximum Gasteiger partial charge on any atom is 0.187 e. The van der Waals surface area contributed by atoms with Gasteiger partial charge in [0.1, 0.15) is 22.8 Å². The van der Waals surface area contributed by atoms with E-state index in [9.17, 15) is 5.11 Å². The maximum atomic E-state index is 9.94. The van der Waals surface area contributed by atoms with Gasteiger partial charge in [0.15, 0.2) is 5.82 Å². The summed E-state index contributed by atoms with van der Waals surface area (Å²) in [6.45, 7) is 4.12. The summed E-state index contributed by atoms with van der Waals surface area (Å²) in [5.74, 6) is 0.732. The lowest BCUT2D eigenvalue weighted by Crippen LogP contribution is -1.86. The van der Waals surface area contributed by atoms with Crippen molar-refractivity contribution in [3.05, 3.63) is 78.0 Å². The van der Waals surface area contributed by atoms with Crippen molar-refractivity contribution in [2.75, 3.05) is 0 Å². The second-order valence-electron chi connectivity index (χ2n) is 6.22. The minimum Gasteiger partial charge on any atom is -0.506 e. The van der Waals surface area contributed by atoms with E-state index < -0.39 is 0 Å². The first-order valence-electron chi connectivity index (χ1n) is 8.38. The Morgan fingerprint density at radius 1 is 0.923 bits per heavy atom. The first-order chi connectivity index (χ1) is 12.6. The Bertz CT molecular complexity index is 1130. The molecule has 2 aromatic carbocycles. The molecule has 0 unspecified atom stereocenters. The topological polar surface area (TPSA) is 62.2 Å². The Balaban J connectivity index is 1.93. The van der Waals surface area contributed by atoms with Crippen molar-refractivity contribution in [2.45, 2.75) is 13.8 Å². The van der Waals surface area contributed by atoms with E-state index >= 15 is 0 Å². The number of azo groups is 1. The lowest BCUT2D eigenvalue weighted by Gasteiger charge is -2.05. The van der Waals surface area contributed by atoms with Crippen LogP contribution in [0.1, 0.15) is 11.1 Å². The van der Waals surface area contributed by atoms with Gasteiger partial charge < -0.3 is 5.11 Å². The van der Waals surface area contributed by atoms with Gasteiger partial charge in [0, 0.05) is 11.8 Å². The predicted octanol–water partition coefficient (Wildman–Crippen LogP) is 5.74. The van der Waals surface area contributed by atoms with Crippen LogP contribution >= 0.6 is 0 Å². The zero-order chi connectivity index (χ0) is 18.1.